The fraction of sp³-hybridized carbons (Fsp3) is 0.444. The number of carbonyl (C=O) groups is 1. The van der Waals surface area contributed by atoms with Crippen LogP contribution >= 0.6 is 23.4 Å². The fourth-order valence-corrected chi connectivity index (χ4v) is 6.76. The molecular formula is C27H32ClF2N3O4SSi. The Kier molecular flexibility index (Phi) is 8.87. The Labute approximate surface area is 237 Å². The molecule has 1 amide bonds. The van der Waals surface area contributed by atoms with Crippen LogP contribution in [0, 0.1) is 11.7 Å². The van der Waals surface area contributed by atoms with Gasteiger partial charge in [0.25, 0.3) is 5.23 Å². The van der Waals surface area contributed by atoms with Gasteiger partial charge in [0.15, 0.2) is 0 Å². The van der Waals surface area contributed by atoms with Gasteiger partial charge in [-0.05, 0) is 55.3 Å². The number of alkyl carbamates (subject to hydrolysis) is 1. The van der Waals surface area contributed by atoms with Crippen molar-refractivity contribution in [2.75, 3.05) is 19.9 Å². The first-order chi connectivity index (χ1) is 18.3. The Balaban J connectivity index is 1.53. The summed E-state index contributed by atoms with van der Waals surface area (Å²) in [6.45, 7) is 8.77. The number of thioether (sulfide) groups is 1. The minimum atomic E-state index is -1.25. The summed E-state index contributed by atoms with van der Waals surface area (Å²) in [6, 6.07) is 8.17. The molecule has 0 unspecified atom stereocenters. The number of pyridine rings is 1. The van der Waals surface area contributed by atoms with E-state index < -0.39 is 36.1 Å². The zero-order valence-electron chi connectivity index (χ0n) is 22.3. The molecule has 1 saturated carbocycles. The number of aromatic nitrogens is 1. The first-order valence-electron chi connectivity index (χ1n) is 12.6. The Bertz CT molecular complexity index is 1290. The van der Waals surface area contributed by atoms with Gasteiger partial charge in [0.2, 0.25) is 0 Å². The van der Waals surface area contributed by atoms with Gasteiger partial charge in [-0.2, -0.15) is 0 Å². The van der Waals surface area contributed by atoms with Crippen LogP contribution < -0.4 is 5.32 Å². The Morgan fingerprint density at radius 1 is 1.33 bits per heavy atom. The van der Waals surface area contributed by atoms with Gasteiger partial charge in [-0.3, -0.25) is 10.3 Å². The molecule has 3 atom stereocenters. The minimum Gasteiger partial charge on any atom is -0.395 e. The highest BCUT2D eigenvalue weighted by atomic mass is 35.5. The molecule has 39 heavy (non-hydrogen) atoms. The third-order valence-electron chi connectivity index (χ3n) is 6.88. The van der Waals surface area contributed by atoms with E-state index in [4.69, 9.17) is 21.1 Å². The summed E-state index contributed by atoms with van der Waals surface area (Å²) in [5.74, 6) is -1.36. The molecule has 0 saturated heterocycles. The van der Waals surface area contributed by atoms with E-state index in [2.05, 4.69) is 34.9 Å². The lowest BCUT2D eigenvalue weighted by Crippen LogP contribution is -2.38. The van der Waals surface area contributed by atoms with Crippen LogP contribution in [0.15, 0.2) is 41.5 Å². The Morgan fingerprint density at radius 2 is 2.10 bits per heavy atom. The van der Waals surface area contributed by atoms with Gasteiger partial charge in [-0.1, -0.05) is 49.1 Å². The summed E-state index contributed by atoms with van der Waals surface area (Å²) in [4.78, 5) is 21.0. The largest absolute Gasteiger partial charge is 0.416 e. The molecule has 1 aromatic carbocycles. The van der Waals surface area contributed by atoms with E-state index >= 15 is 4.39 Å². The van der Waals surface area contributed by atoms with Crippen molar-refractivity contribution in [2.45, 2.75) is 49.3 Å². The zero-order chi connectivity index (χ0) is 28.4. The lowest BCUT2D eigenvalue weighted by atomic mass is 9.85. The number of aliphatic hydroxyl groups excluding tert-OH is 1. The maximum Gasteiger partial charge on any atom is 0.416 e. The number of nitrogens with one attached hydrogen (secondary N) is 1. The van der Waals surface area contributed by atoms with Crippen molar-refractivity contribution in [1.82, 2.24) is 10.3 Å². The number of hydrogen-bond donors (Lipinski definition) is 2. The molecule has 12 heteroatoms. The van der Waals surface area contributed by atoms with Gasteiger partial charge >= 0.3 is 6.09 Å². The van der Waals surface area contributed by atoms with Crippen LogP contribution in [-0.4, -0.2) is 54.2 Å². The van der Waals surface area contributed by atoms with Crippen molar-refractivity contribution in [2.24, 2.45) is 10.9 Å². The Hall–Kier alpha value is -2.31. The second-order valence-corrected chi connectivity index (χ2v) is 18.6. The first-order valence-corrected chi connectivity index (χ1v) is 17.5. The van der Waals surface area contributed by atoms with Crippen molar-refractivity contribution >= 4 is 54.7 Å². The predicted octanol–water partition coefficient (Wildman–Crippen LogP) is 6.45. The molecule has 1 aliphatic carbocycles. The number of ether oxygens (including phenoxy) is 2. The van der Waals surface area contributed by atoms with Crippen molar-refractivity contribution < 1.29 is 28.2 Å². The third-order valence-corrected chi connectivity index (χ3v) is 10.1. The quantitative estimate of drug-likeness (QED) is 0.197. The van der Waals surface area contributed by atoms with Gasteiger partial charge in [-0.15, -0.1) is 0 Å². The molecule has 2 aliphatic rings. The highest BCUT2D eigenvalue weighted by Crippen LogP contribution is 2.66. The molecule has 1 aliphatic heterocycles. The molecule has 2 N–H and O–H groups in total. The number of halogens is 3. The van der Waals surface area contributed by atoms with E-state index in [1.165, 1.54) is 54.4 Å². The van der Waals surface area contributed by atoms with E-state index in [0.717, 1.165) is 6.04 Å². The molecule has 2 aromatic rings. The molecule has 7 nitrogen and oxygen atoms in total. The van der Waals surface area contributed by atoms with Crippen molar-refractivity contribution in [3.05, 3.63) is 64.2 Å². The van der Waals surface area contributed by atoms with E-state index in [1.807, 2.05) is 0 Å². The van der Waals surface area contributed by atoms with E-state index in [1.54, 1.807) is 6.92 Å². The lowest BCUT2D eigenvalue weighted by molar-refractivity contribution is 0.120. The second kappa shape index (κ2) is 11.7. The SMILES string of the molecule is C[C@]1(c2cc(/C=C(\F)c3ccc(Cl)cn3)ccc2F)N=C(OC(=O)NCOCC[Si](C)(C)C)S[C@@]2(CO)C[C@H]21. The number of aliphatic hydroxyl groups is 1. The summed E-state index contributed by atoms with van der Waals surface area (Å²) in [5.41, 5.74) is -0.442. The standard InChI is InChI=1S/C27H32ClF2N3O4SSi/c1-26(19-11-17(5-7-20(19)29)12-21(30)22-8-6-18(28)14-31-22)23-13-27(23,15-34)38-25(33-26)37-24(35)32-16-36-9-10-39(2,3)4/h5-8,11-12,14,23,34H,9-10,13,15-16H2,1-4H3,(H,32,35)/b21-12-/t23-,26+,27+/m0/s1. The van der Waals surface area contributed by atoms with Crippen LogP contribution in [0.4, 0.5) is 13.6 Å². The number of fused-ring (bicyclic) bond motifs is 1. The number of aliphatic imine (C=N–C) groups is 1. The van der Waals surface area contributed by atoms with Gasteiger partial charge < -0.3 is 14.6 Å². The molecule has 4 rings (SSSR count). The van der Waals surface area contributed by atoms with E-state index in [-0.39, 0.29) is 35.7 Å². The first kappa shape index (κ1) is 29.7. The van der Waals surface area contributed by atoms with Crippen LogP contribution in [0.5, 0.6) is 0 Å². The summed E-state index contributed by atoms with van der Waals surface area (Å²) >= 11 is 7.00. The fourth-order valence-electron chi connectivity index (χ4n) is 4.51. The van der Waals surface area contributed by atoms with Crippen LogP contribution in [0.1, 0.15) is 30.2 Å². The molecule has 1 fully saturated rings. The third kappa shape index (κ3) is 7.07. The number of benzene rings is 1. The van der Waals surface area contributed by atoms with Crippen molar-refractivity contribution in [3.8, 4) is 0 Å². The molecule has 0 spiro atoms. The highest BCUT2D eigenvalue weighted by Gasteiger charge is 2.67. The summed E-state index contributed by atoms with van der Waals surface area (Å²) in [7, 11) is -1.25. The number of amides is 1. The maximum absolute atomic E-state index is 15.2. The monoisotopic (exact) mass is 595 g/mol. The van der Waals surface area contributed by atoms with Crippen LogP contribution in [0.2, 0.25) is 30.7 Å². The summed E-state index contributed by atoms with van der Waals surface area (Å²) < 4.78 is 40.4. The second-order valence-electron chi connectivity index (χ2n) is 11.1. The van der Waals surface area contributed by atoms with Crippen LogP contribution in [0.25, 0.3) is 11.9 Å². The minimum absolute atomic E-state index is 0.0106. The zero-order valence-corrected chi connectivity index (χ0v) is 24.8. The molecule has 1 aromatic heterocycles. The molecule has 2 heterocycles. The van der Waals surface area contributed by atoms with Crippen LogP contribution in [-0.2, 0) is 15.0 Å². The van der Waals surface area contributed by atoms with Crippen molar-refractivity contribution in [1.29, 1.82) is 0 Å². The van der Waals surface area contributed by atoms with Crippen LogP contribution in [0.3, 0.4) is 0 Å². The van der Waals surface area contributed by atoms with Crippen molar-refractivity contribution in [3.63, 3.8) is 0 Å². The predicted molar refractivity (Wildman–Crippen MR) is 154 cm³/mol. The van der Waals surface area contributed by atoms with E-state index in [0.29, 0.717) is 23.6 Å². The normalized spacial score (nSPS) is 24.6. The van der Waals surface area contributed by atoms with Gasteiger partial charge in [0.05, 0.1) is 27.6 Å². The maximum atomic E-state index is 15.2. The summed E-state index contributed by atoms with van der Waals surface area (Å²) in [6.07, 6.45) is 2.39. The Morgan fingerprint density at radius 3 is 2.77 bits per heavy atom. The molecule has 0 bridgehead atoms. The smallest absolute Gasteiger partial charge is 0.395 e. The number of carbonyl (C=O) groups excluding carboxylic acids is 1. The molecular weight excluding hydrogens is 564 g/mol. The summed E-state index contributed by atoms with van der Waals surface area (Å²) in [5, 5.41) is 13.1. The topological polar surface area (TPSA) is 93.0 Å². The molecule has 210 valence electrons. The van der Waals surface area contributed by atoms with Gasteiger partial charge in [0.1, 0.15) is 18.4 Å². The lowest BCUT2D eigenvalue weighted by Gasteiger charge is -2.34. The van der Waals surface area contributed by atoms with Gasteiger partial charge in [0, 0.05) is 32.4 Å². The average molecular weight is 596 g/mol. The number of hydrogen-bond acceptors (Lipinski definition) is 7. The number of nitrogens with zero attached hydrogens (tertiary/aromatic N) is 2. The van der Waals surface area contributed by atoms with E-state index in [9.17, 15) is 14.3 Å². The average Bonchev–Trinajstić information content (AvgIpc) is 3.61. The van der Waals surface area contributed by atoms with Gasteiger partial charge in [-0.25, -0.2) is 18.6 Å². The highest BCUT2D eigenvalue weighted by molar-refractivity contribution is 8.15. The molecule has 0 radical (unpaired) electrons. The number of rotatable bonds is 9.